The first kappa shape index (κ1) is 12.3. The molecule has 0 aromatic rings. The van der Waals surface area contributed by atoms with Gasteiger partial charge in [0.05, 0.1) is 0 Å². The van der Waals surface area contributed by atoms with E-state index in [0.29, 0.717) is 0 Å². The highest BCUT2D eigenvalue weighted by Crippen LogP contribution is 2.13. The van der Waals surface area contributed by atoms with Gasteiger partial charge in [-0.3, -0.25) is 0 Å². The molecule has 0 aromatic carbocycles. The molecule has 0 aliphatic carbocycles. The minimum Gasteiger partial charge on any atom is -0.241 e. The van der Waals surface area contributed by atoms with E-state index in [-0.39, 0.29) is 0 Å². The van der Waals surface area contributed by atoms with Gasteiger partial charge in [-0.25, -0.2) is 13.2 Å². The summed E-state index contributed by atoms with van der Waals surface area (Å²) in [6.45, 7) is -1.40. The molecule has 0 nitrogen and oxygen atoms in total. The van der Waals surface area contributed by atoms with E-state index in [2.05, 4.69) is 0 Å². The number of alkyl halides is 6. The van der Waals surface area contributed by atoms with Gasteiger partial charge in [-0.1, -0.05) is 0 Å². The lowest BCUT2D eigenvalue weighted by Crippen LogP contribution is -2.08. The molecule has 64 valence electrons. The van der Waals surface area contributed by atoms with Crippen molar-refractivity contribution in [2.45, 2.75) is 19.5 Å². The standard InChI is InChI=1S/C2H2F4.C2H4F2/c3-1-2(4,5)6;1-2(3)4/h1H2;2H,1H3. The molecule has 0 atom stereocenters. The van der Waals surface area contributed by atoms with E-state index in [0.717, 1.165) is 6.92 Å². The van der Waals surface area contributed by atoms with Crippen LogP contribution in [0, 0.1) is 0 Å². The maximum absolute atomic E-state index is 10.4. The lowest BCUT2D eigenvalue weighted by molar-refractivity contribution is -0.142. The molecular formula is C4H6F6. The van der Waals surface area contributed by atoms with Gasteiger partial charge in [0.2, 0.25) is 6.43 Å². The molecule has 10 heavy (non-hydrogen) atoms. The Morgan fingerprint density at radius 2 is 1.30 bits per heavy atom. The molecular weight excluding hydrogens is 162 g/mol. The second-order valence-corrected chi connectivity index (χ2v) is 1.27. The van der Waals surface area contributed by atoms with Crippen molar-refractivity contribution in [1.82, 2.24) is 0 Å². The van der Waals surface area contributed by atoms with Crippen molar-refractivity contribution < 1.29 is 26.3 Å². The van der Waals surface area contributed by atoms with Crippen molar-refractivity contribution in [3.63, 3.8) is 0 Å². The fraction of sp³-hybridized carbons (Fsp3) is 1.00. The van der Waals surface area contributed by atoms with Gasteiger partial charge in [0.1, 0.15) is 0 Å². The average molecular weight is 168 g/mol. The quantitative estimate of drug-likeness (QED) is 0.488. The largest absolute Gasteiger partial charge is 0.416 e. The summed E-state index contributed by atoms with van der Waals surface area (Å²) in [5.74, 6) is 0. The number of hydrogen-bond donors (Lipinski definition) is 0. The number of halogens is 6. The van der Waals surface area contributed by atoms with Gasteiger partial charge in [-0.05, 0) is 6.92 Å². The van der Waals surface area contributed by atoms with Crippen molar-refractivity contribution in [2.24, 2.45) is 0 Å². The van der Waals surface area contributed by atoms with Crippen LogP contribution >= 0.6 is 0 Å². The summed E-state index contributed by atoms with van der Waals surface area (Å²) in [5, 5.41) is 0. The predicted octanol–water partition coefficient (Wildman–Crippen LogP) is 2.79. The third kappa shape index (κ3) is 49.3. The summed E-state index contributed by atoms with van der Waals surface area (Å²) >= 11 is 0. The summed E-state index contributed by atoms with van der Waals surface area (Å²) in [7, 11) is 0. The zero-order valence-electron chi connectivity index (χ0n) is 5.05. The molecule has 0 saturated carbocycles. The molecule has 0 amide bonds. The highest BCUT2D eigenvalue weighted by atomic mass is 19.4. The summed E-state index contributed by atoms with van der Waals surface area (Å²) < 4.78 is 62.3. The van der Waals surface area contributed by atoms with Crippen LogP contribution in [0.15, 0.2) is 0 Å². The average Bonchev–Trinajstić information content (AvgIpc) is 1.63. The maximum Gasteiger partial charge on any atom is 0.416 e. The molecule has 0 bridgehead atoms. The Balaban J connectivity index is 0. The molecule has 6 heteroatoms. The van der Waals surface area contributed by atoms with E-state index in [1.807, 2.05) is 0 Å². The van der Waals surface area contributed by atoms with Crippen LogP contribution in [0.25, 0.3) is 0 Å². The first-order valence-corrected chi connectivity index (χ1v) is 2.20. The van der Waals surface area contributed by atoms with E-state index in [1.54, 1.807) is 0 Å². The fourth-order valence-corrected chi connectivity index (χ4v) is 0. The van der Waals surface area contributed by atoms with Gasteiger partial charge in [0, 0.05) is 0 Å². The van der Waals surface area contributed by atoms with Crippen LogP contribution in [0.4, 0.5) is 26.3 Å². The van der Waals surface area contributed by atoms with Gasteiger partial charge in [-0.2, -0.15) is 13.2 Å². The molecule has 0 spiro atoms. The van der Waals surface area contributed by atoms with Gasteiger partial charge >= 0.3 is 6.18 Å². The third-order valence-corrected chi connectivity index (χ3v) is 0.152. The van der Waals surface area contributed by atoms with Crippen molar-refractivity contribution >= 4 is 0 Å². The Morgan fingerprint density at radius 3 is 1.30 bits per heavy atom. The fourth-order valence-electron chi connectivity index (χ4n) is 0. The normalized spacial score (nSPS) is 10.8. The van der Waals surface area contributed by atoms with E-state index < -0.39 is 19.3 Å². The molecule has 0 fully saturated rings. The molecule has 0 radical (unpaired) electrons. The molecule has 0 aromatic heterocycles. The Bertz CT molecular complexity index is 61.9. The molecule has 0 unspecified atom stereocenters. The lowest BCUT2D eigenvalue weighted by Gasteiger charge is -1.93. The van der Waals surface area contributed by atoms with E-state index in [9.17, 15) is 26.3 Å². The minimum absolute atomic E-state index is 0.833. The second-order valence-electron chi connectivity index (χ2n) is 1.27. The zero-order valence-corrected chi connectivity index (χ0v) is 5.05. The van der Waals surface area contributed by atoms with Gasteiger partial charge in [0.25, 0.3) is 0 Å². The Morgan fingerprint density at radius 1 is 1.20 bits per heavy atom. The SMILES string of the molecule is CC(F)F.FCC(F)(F)F. The summed E-state index contributed by atoms with van der Waals surface area (Å²) in [6, 6.07) is 0. The predicted molar refractivity (Wildman–Crippen MR) is 23.7 cm³/mol. The van der Waals surface area contributed by atoms with Crippen LogP contribution in [0.1, 0.15) is 6.92 Å². The Labute approximate surface area is 53.8 Å². The van der Waals surface area contributed by atoms with Gasteiger partial charge in [-0.15, -0.1) is 0 Å². The van der Waals surface area contributed by atoms with Gasteiger partial charge in [0.15, 0.2) is 6.67 Å². The van der Waals surface area contributed by atoms with Gasteiger partial charge < -0.3 is 0 Å². The lowest BCUT2D eigenvalue weighted by atomic mass is 10.8. The Kier molecular flexibility index (Phi) is 6.59. The smallest absolute Gasteiger partial charge is 0.241 e. The molecule has 0 saturated heterocycles. The van der Waals surface area contributed by atoms with E-state index >= 15 is 0 Å². The highest BCUT2D eigenvalue weighted by molar-refractivity contribution is 4.39. The molecule has 0 heterocycles. The third-order valence-electron chi connectivity index (χ3n) is 0.152. The maximum atomic E-state index is 10.4. The first-order valence-electron chi connectivity index (χ1n) is 2.20. The second kappa shape index (κ2) is 5.37. The Hall–Kier alpha value is -0.420. The van der Waals surface area contributed by atoms with E-state index in [4.69, 9.17) is 0 Å². The molecule has 0 N–H and O–H groups in total. The zero-order chi connectivity index (χ0) is 8.78. The van der Waals surface area contributed by atoms with Crippen LogP contribution in [-0.2, 0) is 0 Å². The van der Waals surface area contributed by atoms with Crippen LogP contribution in [-0.4, -0.2) is 19.3 Å². The van der Waals surface area contributed by atoms with Crippen molar-refractivity contribution in [3.05, 3.63) is 0 Å². The number of hydrogen-bond acceptors (Lipinski definition) is 0. The summed E-state index contributed by atoms with van der Waals surface area (Å²) in [6.07, 6.45) is -6.79. The minimum atomic E-state index is -4.62. The summed E-state index contributed by atoms with van der Waals surface area (Å²) in [5.41, 5.74) is 0. The van der Waals surface area contributed by atoms with Crippen LogP contribution in [0.3, 0.4) is 0 Å². The monoisotopic (exact) mass is 168 g/mol. The van der Waals surface area contributed by atoms with Crippen LogP contribution in [0.5, 0.6) is 0 Å². The summed E-state index contributed by atoms with van der Waals surface area (Å²) in [4.78, 5) is 0. The van der Waals surface area contributed by atoms with Crippen molar-refractivity contribution in [3.8, 4) is 0 Å². The topological polar surface area (TPSA) is 0 Å². The van der Waals surface area contributed by atoms with E-state index in [1.165, 1.54) is 0 Å². The van der Waals surface area contributed by atoms with Crippen LogP contribution < -0.4 is 0 Å². The van der Waals surface area contributed by atoms with Crippen LogP contribution in [0.2, 0.25) is 0 Å². The number of rotatable bonds is 0. The first-order chi connectivity index (χ1) is 4.29. The van der Waals surface area contributed by atoms with Crippen molar-refractivity contribution in [2.75, 3.05) is 6.67 Å². The van der Waals surface area contributed by atoms with Crippen molar-refractivity contribution in [1.29, 1.82) is 0 Å². The molecule has 0 rings (SSSR count). The molecule has 0 aliphatic heterocycles. The highest BCUT2D eigenvalue weighted by Gasteiger charge is 2.26. The molecule has 0 aliphatic rings.